The SMILES string of the molecule is O=C(O)C12C=NCC(=c3ccccc3=C1)C2. The first-order valence-corrected chi connectivity index (χ1v) is 5.26. The third kappa shape index (κ3) is 1.14. The summed E-state index contributed by atoms with van der Waals surface area (Å²) < 4.78 is 0. The molecule has 80 valence electrons. The van der Waals surface area contributed by atoms with Crippen LogP contribution in [0.2, 0.25) is 0 Å². The molecule has 3 nitrogen and oxygen atoms in total. The Kier molecular flexibility index (Phi) is 1.78. The van der Waals surface area contributed by atoms with Crippen molar-refractivity contribution in [3.63, 3.8) is 0 Å². The maximum Gasteiger partial charge on any atom is 0.319 e. The summed E-state index contributed by atoms with van der Waals surface area (Å²) in [5.41, 5.74) is 0.213. The Hall–Kier alpha value is -1.90. The molecular formula is C13H11NO2. The molecule has 2 bridgehead atoms. The lowest BCUT2D eigenvalue weighted by Gasteiger charge is -2.29. The van der Waals surface area contributed by atoms with Crippen LogP contribution in [0.1, 0.15) is 6.42 Å². The van der Waals surface area contributed by atoms with Crippen LogP contribution in [0.3, 0.4) is 0 Å². The van der Waals surface area contributed by atoms with Crippen LogP contribution in [0, 0.1) is 5.41 Å². The van der Waals surface area contributed by atoms with Gasteiger partial charge < -0.3 is 5.11 Å². The van der Waals surface area contributed by atoms with Crippen LogP contribution >= 0.6 is 0 Å². The summed E-state index contributed by atoms with van der Waals surface area (Å²) in [5.74, 6) is -0.817. The van der Waals surface area contributed by atoms with Crippen molar-refractivity contribution < 1.29 is 9.90 Å². The lowest BCUT2D eigenvalue weighted by atomic mass is 9.76. The minimum Gasteiger partial charge on any atom is -0.480 e. The van der Waals surface area contributed by atoms with E-state index in [0.29, 0.717) is 13.0 Å². The van der Waals surface area contributed by atoms with Crippen molar-refractivity contribution in [1.29, 1.82) is 0 Å². The first-order chi connectivity index (χ1) is 7.71. The minimum absolute atomic E-state index is 0.558. The van der Waals surface area contributed by atoms with Crippen molar-refractivity contribution >= 4 is 23.8 Å². The third-order valence-electron chi connectivity index (χ3n) is 3.26. The zero-order valence-electron chi connectivity index (χ0n) is 8.68. The molecule has 0 amide bonds. The number of fused-ring (bicyclic) bond motifs is 3. The molecule has 1 aromatic carbocycles. The van der Waals surface area contributed by atoms with Crippen molar-refractivity contribution in [2.24, 2.45) is 10.4 Å². The summed E-state index contributed by atoms with van der Waals surface area (Å²) in [6.45, 7) is 0.625. The van der Waals surface area contributed by atoms with Gasteiger partial charge in [-0.15, -0.1) is 0 Å². The normalized spacial score (nSPS) is 25.9. The van der Waals surface area contributed by atoms with Crippen molar-refractivity contribution in [2.75, 3.05) is 6.54 Å². The first-order valence-electron chi connectivity index (χ1n) is 5.26. The zero-order valence-corrected chi connectivity index (χ0v) is 8.68. The Bertz CT molecular complexity index is 615. The van der Waals surface area contributed by atoms with E-state index in [4.69, 9.17) is 0 Å². The van der Waals surface area contributed by atoms with E-state index in [0.717, 1.165) is 16.0 Å². The smallest absolute Gasteiger partial charge is 0.319 e. The molecule has 2 aliphatic rings. The van der Waals surface area contributed by atoms with Gasteiger partial charge in [0, 0.05) is 6.21 Å². The molecule has 0 saturated carbocycles. The monoisotopic (exact) mass is 213 g/mol. The lowest BCUT2D eigenvalue weighted by Crippen LogP contribution is -2.44. The van der Waals surface area contributed by atoms with E-state index in [2.05, 4.69) is 4.99 Å². The maximum absolute atomic E-state index is 11.4. The predicted octanol–water partition coefficient (Wildman–Crippen LogP) is 0.177. The van der Waals surface area contributed by atoms with Gasteiger partial charge in [0.25, 0.3) is 0 Å². The van der Waals surface area contributed by atoms with Crippen LogP contribution < -0.4 is 10.4 Å². The summed E-state index contributed by atoms with van der Waals surface area (Å²) in [5, 5.41) is 11.5. The van der Waals surface area contributed by atoms with Crippen LogP contribution in [-0.2, 0) is 4.79 Å². The highest BCUT2D eigenvalue weighted by molar-refractivity contribution is 6.04. The number of carboxylic acids is 1. The predicted molar refractivity (Wildman–Crippen MR) is 61.6 cm³/mol. The van der Waals surface area contributed by atoms with Gasteiger partial charge in [-0.05, 0) is 22.4 Å². The number of hydrogen-bond donors (Lipinski definition) is 1. The minimum atomic E-state index is -0.915. The van der Waals surface area contributed by atoms with E-state index in [-0.39, 0.29) is 0 Å². The average molecular weight is 213 g/mol. The summed E-state index contributed by atoms with van der Waals surface area (Å²) in [6.07, 6.45) is 3.95. The molecule has 1 N–H and O–H groups in total. The molecule has 1 unspecified atom stereocenters. The molecule has 16 heavy (non-hydrogen) atoms. The molecule has 0 radical (unpaired) electrons. The number of aliphatic carboxylic acids is 1. The van der Waals surface area contributed by atoms with Crippen molar-refractivity contribution in [1.82, 2.24) is 0 Å². The highest BCUT2D eigenvalue weighted by Crippen LogP contribution is 2.31. The fraction of sp³-hybridized carbons (Fsp3) is 0.231. The molecule has 0 spiro atoms. The molecule has 0 fully saturated rings. The topological polar surface area (TPSA) is 49.7 Å². The van der Waals surface area contributed by atoms with Crippen molar-refractivity contribution in [3.05, 3.63) is 34.7 Å². The van der Waals surface area contributed by atoms with Crippen LogP contribution in [0.5, 0.6) is 0 Å². The Morgan fingerprint density at radius 3 is 3.00 bits per heavy atom. The second kappa shape index (κ2) is 3.04. The van der Waals surface area contributed by atoms with E-state index in [9.17, 15) is 9.90 Å². The van der Waals surface area contributed by atoms with Gasteiger partial charge in [-0.2, -0.15) is 0 Å². The van der Waals surface area contributed by atoms with E-state index in [1.54, 1.807) is 6.21 Å². The third-order valence-corrected chi connectivity index (χ3v) is 3.26. The van der Waals surface area contributed by atoms with Gasteiger partial charge in [0.2, 0.25) is 0 Å². The maximum atomic E-state index is 11.4. The molecule has 0 aromatic heterocycles. The van der Waals surface area contributed by atoms with Crippen LogP contribution in [0.25, 0.3) is 11.6 Å². The van der Waals surface area contributed by atoms with Crippen LogP contribution in [0.4, 0.5) is 0 Å². The Balaban J connectivity index is 2.39. The Labute approximate surface area is 92.4 Å². The Morgan fingerprint density at radius 1 is 1.38 bits per heavy atom. The van der Waals surface area contributed by atoms with E-state index in [1.165, 1.54) is 0 Å². The number of hydrogen-bond acceptors (Lipinski definition) is 2. The molecule has 1 aliphatic carbocycles. The second-order valence-electron chi connectivity index (χ2n) is 4.33. The van der Waals surface area contributed by atoms with Crippen LogP contribution in [0.15, 0.2) is 29.3 Å². The summed E-state index contributed by atoms with van der Waals surface area (Å²) >= 11 is 0. The Morgan fingerprint density at radius 2 is 2.19 bits per heavy atom. The van der Waals surface area contributed by atoms with Gasteiger partial charge in [0.15, 0.2) is 0 Å². The number of nitrogens with zero attached hydrogens (tertiary/aromatic N) is 1. The fourth-order valence-corrected chi connectivity index (χ4v) is 2.46. The van der Waals surface area contributed by atoms with Crippen LogP contribution in [-0.4, -0.2) is 23.8 Å². The average Bonchev–Trinajstić information content (AvgIpc) is 2.29. The quantitative estimate of drug-likeness (QED) is 0.723. The van der Waals surface area contributed by atoms with Gasteiger partial charge in [-0.25, -0.2) is 0 Å². The first kappa shape index (κ1) is 9.33. The molecule has 3 heteroatoms. The van der Waals surface area contributed by atoms with Crippen molar-refractivity contribution in [3.8, 4) is 0 Å². The largest absolute Gasteiger partial charge is 0.480 e. The van der Waals surface area contributed by atoms with E-state index >= 15 is 0 Å². The number of carboxylic acid groups (broad SMARTS) is 1. The number of rotatable bonds is 1. The fourth-order valence-electron chi connectivity index (χ4n) is 2.46. The van der Waals surface area contributed by atoms with Gasteiger partial charge in [0.1, 0.15) is 5.41 Å². The van der Waals surface area contributed by atoms with Gasteiger partial charge in [0.05, 0.1) is 6.54 Å². The molecule has 1 aromatic rings. The zero-order chi connectivity index (χ0) is 11.2. The van der Waals surface area contributed by atoms with Gasteiger partial charge in [-0.3, -0.25) is 9.79 Å². The summed E-state index contributed by atoms with van der Waals surface area (Å²) in [7, 11) is 0. The standard InChI is InChI=1S/C13H11NO2/c15-12(16)13-5-9-3-1-2-4-11(9)10(6-13)7-14-8-13/h1-5,8H,6-7H2,(H,15,16). The number of carbonyl (C=O) groups is 1. The van der Waals surface area contributed by atoms with Gasteiger partial charge >= 0.3 is 5.97 Å². The van der Waals surface area contributed by atoms with E-state index in [1.807, 2.05) is 30.3 Å². The molecular weight excluding hydrogens is 202 g/mol. The summed E-state index contributed by atoms with van der Waals surface area (Å²) in [4.78, 5) is 15.5. The molecule has 3 rings (SSSR count). The highest BCUT2D eigenvalue weighted by atomic mass is 16.4. The highest BCUT2D eigenvalue weighted by Gasteiger charge is 2.39. The number of benzene rings is 1. The number of aliphatic imine (C=N–C) groups is 1. The van der Waals surface area contributed by atoms with Crippen molar-refractivity contribution in [2.45, 2.75) is 6.42 Å². The van der Waals surface area contributed by atoms with Gasteiger partial charge in [-0.1, -0.05) is 30.3 Å². The lowest BCUT2D eigenvalue weighted by molar-refractivity contribution is -0.141. The van der Waals surface area contributed by atoms with E-state index < -0.39 is 11.4 Å². The molecule has 0 saturated heterocycles. The summed E-state index contributed by atoms with van der Waals surface area (Å²) in [6, 6.07) is 7.91. The molecule has 1 atom stereocenters. The second-order valence-corrected chi connectivity index (χ2v) is 4.33. The molecule has 1 heterocycles. The molecule has 1 aliphatic heterocycles.